The number of amides is 1. The van der Waals surface area contributed by atoms with Gasteiger partial charge in [-0.1, -0.05) is 76.0 Å². The van der Waals surface area contributed by atoms with Crippen molar-refractivity contribution in [2.45, 2.75) is 64.7 Å². The molecule has 0 heterocycles. The molecule has 24 heavy (non-hydrogen) atoms. The quantitative estimate of drug-likeness (QED) is 0.355. The van der Waals surface area contributed by atoms with Crippen LogP contribution in [0.25, 0.3) is 6.08 Å². The fourth-order valence-electron chi connectivity index (χ4n) is 2.54. The molecule has 0 aromatic heterocycles. The Hall–Kier alpha value is -1.35. The van der Waals surface area contributed by atoms with Gasteiger partial charge in [0.15, 0.2) is 0 Å². The highest BCUT2D eigenvalue weighted by Gasteiger charge is 2.03. The first-order chi connectivity index (χ1) is 11.6. The molecule has 1 aromatic rings. The zero-order valence-corrected chi connectivity index (χ0v) is 15.4. The molecule has 134 valence electrons. The maximum Gasteiger partial charge on any atom is 0.244 e. The van der Waals surface area contributed by atoms with Gasteiger partial charge in [-0.05, 0) is 24.6 Å². The molecule has 1 aromatic carbocycles. The SMILES string of the molecule is CCCCCCCCCCCNC(=O)/C=C/c1c(F)cccc1Cl. The zero-order chi connectivity index (χ0) is 17.6. The summed E-state index contributed by atoms with van der Waals surface area (Å²) in [6.45, 7) is 2.89. The van der Waals surface area contributed by atoms with Crippen molar-refractivity contribution in [1.29, 1.82) is 0 Å². The van der Waals surface area contributed by atoms with Crippen LogP contribution in [0.4, 0.5) is 4.39 Å². The van der Waals surface area contributed by atoms with Crippen molar-refractivity contribution in [3.63, 3.8) is 0 Å². The number of carbonyl (C=O) groups is 1. The zero-order valence-electron chi connectivity index (χ0n) is 14.6. The van der Waals surface area contributed by atoms with E-state index in [1.54, 1.807) is 12.1 Å². The number of unbranched alkanes of at least 4 members (excludes halogenated alkanes) is 8. The number of rotatable bonds is 12. The van der Waals surface area contributed by atoms with Crippen molar-refractivity contribution in [3.05, 3.63) is 40.7 Å². The fraction of sp³-hybridized carbons (Fsp3) is 0.550. The average Bonchev–Trinajstić information content (AvgIpc) is 2.56. The van der Waals surface area contributed by atoms with Crippen molar-refractivity contribution in [2.75, 3.05) is 6.54 Å². The van der Waals surface area contributed by atoms with Gasteiger partial charge in [-0.15, -0.1) is 0 Å². The first kappa shape index (κ1) is 20.7. The van der Waals surface area contributed by atoms with E-state index in [2.05, 4.69) is 12.2 Å². The second-order valence-corrected chi connectivity index (χ2v) is 6.50. The largest absolute Gasteiger partial charge is 0.353 e. The van der Waals surface area contributed by atoms with Crippen molar-refractivity contribution in [2.24, 2.45) is 0 Å². The number of nitrogens with one attached hydrogen (secondary N) is 1. The van der Waals surface area contributed by atoms with E-state index >= 15 is 0 Å². The topological polar surface area (TPSA) is 29.1 Å². The van der Waals surface area contributed by atoms with E-state index in [0.717, 1.165) is 12.8 Å². The molecule has 1 rings (SSSR count). The normalized spacial score (nSPS) is 11.1. The van der Waals surface area contributed by atoms with Crippen LogP contribution in [0.2, 0.25) is 5.02 Å². The molecule has 0 radical (unpaired) electrons. The standard InChI is InChI=1S/C20H29ClFNO/c1-2-3-4-5-6-7-8-9-10-16-23-20(24)15-14-17-18(21)12-11-13-19(17)22/h11-15H,2-10,16H2,1H3,(H,23,24)/b15-14+. The molecule has 0 unspecified atom stereocenters. The Morgan fingerprint density at radius 1 is 1.08 bits per heavy atom. The molecular weight excluding hydrogens is 325 g/mol. The van der Waals surface area contributed by atoms with E-state index in [9.17, 15) is 9.18 Å². The Morgan fingerprint density at radius 2 is 1.71 bits per heavy atom. The molecule has 0 aliphatic carbocycles. The summed E-state index contributed by atoms with van der Waals surface area (Å²) in [7, 11) is 0. The summed E-state index contributed by atoms with van der Waals surface area (Å²) in [6, 6.07) is 4.47. The lowest BCUT2D eigenvalue weighted by Crippen LogP contribution is -2.21. The van der Waals surface area contributed by atoms with E-state index < -0.39 is 5.82 Å². The summed E-state index contributed by atoms with van der Waals surface area (Å²) >= 11 is 5.91. The maximum atomic E-state index is 13.6. The highest BCUT2D eigenvalue weighted by atomic mass is 35.5. The summed E-state index contributed by atoms with van der Waals surface area (Å²) in [4.78, 5) is 11.7. The second kappa shape index (κ2) is 13.0. The van der Waals surface area contributed by atoms with Gasteiger partial charge in [-0.3, -0.25) is 4.79 Å². The van der Waals surface area contributed by atoms with E-state index in [0.29, 0.717) is 11.6 Å². The van der Waals surface area contributed by atoms with Crippen LogP contribution in [-0.4, -0.2) is 12.5 Å². The van der Waals surface area contributed by atoms with Gasteiger partial charge < -0.3 is 5.32 Å². The number of benzene rings is 1. The van der Waals surface area contributed by atoms with Gasteiger partial charge in [0.1, 0.15) is 5.82 Å². The highest BCUT2D eigenvalue weighted by Crippen LogP contribution is 2.20. The molecule has 1 amide bonds. The summed E-state index contributed by atoms with van der Waals surface area (Å²) < 4.78 is 13.6. The molecule has 0 bridgehead atoms. The minimum absolute atomic E-state index is 0.214. The Kier molecular flexibility index (Phi) is 11.2. The second-order valence-electron chi connectivity index (χ2n) is 6.09. The van der Waals surface area contributed by atoms with Gasteiger partial charge in [-0.25, -0.2) is 4.39 Å². The van der Waals surface area contributed by atoms with Crippen molar-refractivity contribution in [1.82, 2.24) is 5.32 Å². The Balaban J connectivity index is 2.09. The predicted molar refractivity (Wildman–Crippen MR) is 101 cm³/mol. The lowest BCUT2D eigenvalue weighted by Gasteiger charge is -2.04. The molecule has 1 N–H and O–H groups in total. The van der Waals surface area contributed by atoms with Crippen LogP contribution in [0, 0.1) is 5.82 Å². The molecule has 2 nitrogen and oxygen atoms in total. The summed E-state index contributed by atoms with van der Waals surface area (Å²) in [5.74, 6) is -0.639. The predicted octanol–water partition coefficient (Wildman–Crippen LogP) is 6.14. The summed E-state index contributed by atoms with van der Waals surface area (Å²) in [5.41, 5.74) is 0.248. The smallest absolute Gasteiger partial charge is 0.244 e. The van der Waals surface area contributed by atoms with Crippen LogP contribution in [-0.2, 0) is 4.79 Å². The van der Waals surface area contributed by atoms with E-state index in [4.69, 9.17) is 11.6 Å². The highest BCUT2D eigenvalue weighted by molar-refractivity contribution is 6.32. The fourth-order valence-corrected chi connectivity index (χ4v) is 2.76. The molecule has 0 atom stereocenters. The molecule has 0 aliphatic heterocycles. The van der Waals surface area contributed by atoms with Gasteiger partial charge in [0.25, 0.3) is 0 Å². The first-order valence-corrected chi connectivity index (χ1v) is 9.43. The Labute approximate surface area is 150 Å². The maximum absolute atomic E-state index is 13.6. The van der Waals surface area contributed by atoms with E-state index in [-0.39, 0.29) is 11.5 Å². The number of hydrogen-bond acceptors (Lipinski definition) is 1. The lowest BCUT2D eigenvalue weighted by atomic mass is 10.1. The third-order valence-corrected chi connectivity index (χ3v) is 4.31. The van der Waals surface area contributed by atoms with Gasteiger partial charge in [0, 0.05) is 18.2 Å². The molecular formula is C20H29ClFNO. The third-order valence-electron chi connectivity index (χ3n) is 3.98. The van der Waals surface area contributed by atoms with Gasteiger partial charge in [0.05, 0.1) is 5.02 Å². The molecule has 0 fully saturated rings. The van der Waals surface area contributed by atoms with Gasteiger partial charge >= 0.3 is 0 Å². The molecule has 4 heteroatoms. The summed E-state index contributed by atoms with van der Waals surface area (Å²) in [5, 5.41) is 3.12. The van der Waals surface area contributed by atoms with Crippen molar-refractivity contribution < 1.29 is 9.18 Å². The van der Waals surface area contributed by atoms with Crippen LogP contribution < -0.4 is 5.32 Å². The van der Waals surface area contributed by atoms with Crippen LogP contribution in [0.3, 0.4) is 0 Å². The van der Waals surface area contributed by atoms with Crippen molar-refractivity contribution in [3.8, 4) is 0 Å². The monoisotopic (exact) mass is 353 g/mol. The van der Waals surface area contributed by atoms with Crippen LogP contribution in [0.1, 0.15) is 70.3 Å². The lowest BCUT2D eigenvalue weighted by molar-refractivity contribution is -0.116. The minimum atomic E-state index is -0.425. The molecule has 0 saturated carbocycles. The number of hydrogen-bond donors (Lipinski definition) is 1. The third kappa shape index (κ3) is 9.07. The minimum Gasteiger partial charge on any atom is -0.353 e. The summed E-state index contributed by atoms with van der Waals surface area (Å²) in [6.07, 6.45) is 14.0. The Bertz CT molecular complexity index is 496. The Morgan fingerprint density at radius 3 is 2.33 bits per heavy atom. The van der Waals surface area contributed by atoms with Gasteiger partial charge in [-0.2, -0.15) is 0 Å². The number of carbonyl (C=O) groups excluding carboxylic acids is 1. The van der Waals surface area contributed by atoms with Gasteiger partial charge in [0.2, 0.25) is 5.91 Å². The van der Waals surface area contributed by atoms with Crippen molar-refractivity contribution >= 4 is 23.6 Å². The molecule has 0 aliphatic rings. The van der Waals surface area contributed by atoms with Crippen LogP contribution in [0.5, 0.6) is 0 Å². The van der Waals surface area contributed by atoms with Crippen LogP contribution >= 0.6 is 11.6 Å². The first-order valence-electron chi connectivity index (χ1n) is 9.05. The molecule has 0 saturated heterocycles. The van der Waals surface area contributed by atoms with E-state index in [1.807, 2.05) is 0 Å². The molecule has 0 spiro atoms. The average molecular weight is 354 g/mol. The number of halogens is 2. The van der Waals surface area contributed by atoms with Crippen LogP contribution in [0.15, 0.2) is 24.3 Å². The van der Waals surface area contributed by atoms with E-state index in [1.165, 1.54) is 63.2 Å².